The van der Waals surface area contributed by atoms with Crippen LogP contribution >= 0.6 is 0 Å². The van der Waals surface area contributed by atoms with Gasteiger partial charge < -0.3 is 0 Å². The Morgan fingerprint density at radius 2 is 1.64 bits per heavy atom. The van der Waals surface area contributed by atoms with Crippen LogP contribution in [0.3, 0.4) is 0 Å². The van der Waals surface area contributed by atoms with Gasteiger partial charge in [0.1, 0.15) is 0 Å². The molecule has 1 atom stereocenters. The molecule has 1 nitrogen and oxygen atoms in total. The first-order chi connectivity index (χ1) is 10.6. The summed E-state index contributed by atoms with van der Waals surface area (Å²) in [6.45, 7) is 7.03. The third-order valence-corrected chi connectivity index (χ3v) is 4.94. The lowest BCUT2D eigenvalue weighted by atomic mass is 9.81. The minimum absolute atomic E-state index is 0.178. The molecule has 1 heteroatoms. The van der Waals surface area contributed by atoms with Crippen LogP contribution in [0.15, 0.2) is 54.6 Å². The second-order valence-electron chi connectivity index (χ2n) is 7.12. The molecule has 0 bridgehead atoms. The van der Waals surface area contributed by atoms with Crippen molar-refractivity contribution < 1.29 is 0 Å². The van der Waals surface area contributed by atoms with Gasteiger partial charge in [0.15, 0.2) is 0 Å². The Bertz CT molecular complexity index is 846. The van der Waals surface area contributed by atoms with Crippen molar-refractivity contribution in [3.05, 3.63) is 65.9 Å². The molecule has 0 saturated carbocycles. The van der Waals surface area contributed by atoms with Gasteiger partial charge in [0.2, 0.25) is 0 Å². The minimum atomic E-state index is 0.178. The zero-order valence-corrected chi connectivity index (χ0v) is 13.4. The van der Waals surface area contributed by atoms with Gasteiger partial charge in [0, 0.05) is 11.1 Å². The van der Waals surface area contributed by atoms with Crippen molar-refractivity contribution in [3.63, 3.8) is 0 Å². The predicted molar refractivity (Wildman–Crippen MR) is 93.2 cm³/mol. The quantitative estimate of drug-likeness (QED) is 0.560. The third-order valence-electron chi connectivity index (χ3n) is 4.94. The first-order valence-corrected chi connectivity index (χ1v) is 8.06. The van der Waals surface area contributed by atoms with Crippen molar-refractivity contribution in [2.75, 3.05) is 0 Å². The highest BCUT2D eigenvalue weighted by Crippen LogP contribution is 2.50. The van der Waals surface area contributed by atoms with E-state index in [9.17, 15) is 0 Å². The van der Waals surface area contributed by atoms with Crippen LogP contribution < -0.4 is 0 Å². The van der Waals surface area contributed by atoms with E-state index in [0.29, 0.717) is 5.92 Å². The molecular formula is C21H21N. The largest absolute Gasteiger partial charge is 0.252 e. The van der Waals surface area contributed by atoms with Crippen LogP contribution in [0.1, 0.15) is 44.4 Å². The standard InChI is InChI=1S/C21H21N/c1-14-13-21(2,3)19-18(15-9-5-4-6-10-15)16-11-7-8-12-17(16)22-20(14)19/h4-12,14H,13H2,1-3H3/t14-/m0/s1. The average Bonchev–Trinajstić information content (AvgIpc) is 2.75. The molecule has 2 aromatic carbocycles. The maximum atomic E-state index is 5.02. The maximum Gasteiger partial charge on any atom is 0.0711 e. The van der Waals surface area contributed by atoms with Crippen molar-refractivity contribution in [2.45, 2.75) is 38.5 Å². The molecule has 110 valence electrons. The third kappa shape index (κ3) is 1.89. The van der Waals surface area contributed by atoms with Gasteiger partial charge >= 0.3 is 0 Å². The monoisotopic (exact) mass is 287 g/mol. The van der Waals surface area contributed by atoms with E-state index in [-0.39, 0.29) is 5.41 Å². The topological polar surface area (TPSA) is 12.9 Å². The lowest BCUT2D eigenvalue weighted by Crippen LogP contribution is -2.14. The van der Waals surface area contributed by atoms with Crippen LogP contribution in [0.4, 0.5) is 0 Å². The second-order valence-corrected chi connectivity index (χ2v) is 7.12. The van der Waals surface area contributed by atoms with Crippen LogP contribution in [-0.4, -0.2) is 4.98 Å². The molecule has 22 heavy (non-hydrogen) atoms. The van der Waals surface area contributed by atoms with Crippen LogP contribution in [-0.2, 0) is 5.41 Å². The first kappa shape index (κ1) is 13.5. The highest BCUT2D eigenvalue weighted by molar-refractivity contribution is 5.97. The van der Waals surface area contributed by atoms with Crippen molar-refractivity contribution in [2.24, 2.45) is 0 Å². The Labute approximate surface area is 132 Å². The van der Waals surface area contributed by atoms with Crippen LogP contribution in [0.25, 0.3) is 22.0 Å². The molecular weight excluding hydrogens is 266 g/mol. The van der Waals surface area contributed by atoms with Crippen molar-refractivity contribution in [3.8, 4) is 11.1 Å². The number of para-hydroxylation sites is 1. The Morgan fingerprint density at radius 3 is 2.41 bits per heavy atom. The summed E-state index contributed by atoms with van der Waals surface area (Å²) in [5.41, 5.74) is 6.73. The summed E-state index contributed by atoms with van der Waals surface area (Å²) >= 11 is 0. The highest BCUT2D eigenvalue weighted by Gasteiger charge is 2.38. The zero-order valence-electron chi connectivity index (χ0n) is 13.4. The fraction of sp³-hybridized carbons (Fsp3) is 0.286. The Hall–Kier alpha value is -2.15. The molecule has 1 aromatic heterocycles. The van der Waals surface area contributed by atoms with E-state index in [2.05, 4.69) is 75.4 Å². The SMILES string of the molecule is C[C@H]1CC(C)(C)c2c1nc1ccccc1c2-c1ccccc1. The summed E-state index contributed by atoms with van der Waals surface area (Å²) in [6.07, 6.45) is 1.17. The van der Waals surface area contributed by atoms with E-state index in [1.54, 1.807) is 0 Å². The summed E-state index contributed by atoms with van der Waals surface area (Å²) in [4.78, 5) is 5.02. The Kier molecular flexibility index (Phi) is 2.87. The molecule has 0 fully saturated rings. The Morgan fingerprint density at radius 1 is 0.955 bits per heavy atom. The number of hydrogen-bond donors (Lipinski definition) is 0. The summed E-state index contributed by atoms with van der Waals surface area (Å²) in [5, 5.41) is 1.27. The Balaban J connectivity index is 2.18. The number of hydrogen-bond acceptors (Lipinski definition) is 1. The van der Waals surface area contributed by atoms with Crippen molar-refractivity contribution >= 4 is 10.9 Å². The molecule has 1 aliphatic rings. The zero-order chi connectivity index (χ0) is 15.3. The van der Waals surface area contributed by atoms with Crippen molar-refractivity contribution in [1.29, 1.82) is 0 Å². The summed E-state index contributed by atoms with van der Waals surface area (Å²) < 4.78 is 0. The van der Waals surface area contributed by atoms with E-state index in [1.807, 2.05) is 0 Å². The minimum Gasteiger partial charge on any atom is -0.252 e. The van der Waals surface area contributed by atoms with E-state index in [0.717, 1.165) is 5.52 Å². The van der Waals surface area contributed by atoms with Gasteiger partial charge in [-0.25, -0.2) is 0 Å². The van der Waals surface area contributed by atoms with Crippen molar-refractivity contribution in [1.82, 2.24) is 4.98 Å². The molecule has 0 N–H and O–H groups in total. The maximum absolute atomic E-state index is 5.02. The van der Waals surface area contributed by atoms with Gasteiger partial charge in [-0.05, 0) is 40.5 Å². The van der Waals surface area contributed by atoms with Gasteiger partial charge in [-0.3, -0.25) is 4.98 Å². The lowest BCUT2D eigenvalue weighted by Gasteiger charge is -2.23. The summed E-state index contributed by atoms with van der Waals surface area (Å²) in [6, 6.07) is 19.3. The van der Waals surface area contributed by atoms with E-state index in [4.69, 9.17) is 4.98 Å². The van der Waals surface area contributed by atoms with Gasteiger partial charge in [0.05, 0.1) is 5.52 Å². The van der Waals surface area contributed by atoms with E-state index >= 15 is 0 Å². The van der Waals surface area contributed by atoms with Crippen LogP contribution in [0.5, 0.6) is 0 Å². The van der Waals surface area contributed by atoms with Crippen LogP contribution in [0, 0.1) is 0 Å². The summed E-state index contributed by atoms with van der Waals surface area (Å²) in [5.74, 6) is 0.525. The van der Waals surface area contributed by atoms with E-state index in [1.165, 1.54) is 34.2 Å². The predicted octanol–water partition coefficient (Wildman–Crippen LogP) is 5.69. The molecule has 0 unspecified atom stereocenters. The number of nitrogens with zero attached hydrogens (tertiary/aromatic N) is 1. The van der Waals surface area contributed by atoms with E-state index < -0.39 is 0 Å². The smallest absolute Gasteiger partial charge is 0.0711 e. The number of benzene rings is 2. The molecule has 0 radical (unpaired) electrons. The lowest BCUT2D eigenvalue weighted by molar-refractivity contribution is 0.489. The first-order valence-electron chi connectivity index (χ1n) is 8.06. The molecule has 1 heterocycles. The second kappa shape index (κ2) is 4.67. The van der Waals surface area contributed by atoms with Gasteiger partial charge in [-0.2, -0.15) is 0 Å². The molecule has 0 saturated heterocycles. The van der Waals surface area contributed by atoms with Gasteiger partial charge in [-0.15, -0.1) is 0 Å². The van der Waals surface area contributed by atoms with Gasteiger partial charge in [0.25, 0.3) is 0 Å². The molecule has 3 aromatic rings. The molecule has 1 aliphatic carbocycles. The summed E-state index contributed by atoms with van der Waals surface area (Å²) in [7, 11) is 0. The average molecular weight is 287 g/mol. The molecule has 0 amide bonds. The molecule has 0 spiro atoms. The fourth-order valence-corrected chi connectivity index (χ4v) is 4.14. The number of aromatic nitrogens is 1. The van der Waals surface area contributed by atoms with Gasteiger partial charge in [-0.1, -0.05) is 69.3 Å². The normalized spacial score (nSPS) is 19.3. The number of fused-ring (bicyclic) bond motifs is 2. The number of pyridine rings is 1. The molecule has 0 aliphatic heterocycles. The highest BCUT2D eigenvalue weighted by atomic mass is 14.7. The van der Waals surface area contributed by atoms with Crippen LogP contribution in [0.2, 0.25) is 0 Å². The fourth-order valence-electron chi connectivity index (χ4n) is 4.14. The number of rotatable bonds is 1. The molecule has 4 rings (SSSR count).